The molecule has 0 aliphatic rings. The van der Waals surface area contributed by atoms with E-state index in [-0.39, 0.29) is 0 Å². The maximum atomic E-state index is 5.26. The van der Waals surface area contributed by atoms with Gasteiger partial charge in [0.05, 0.1) is 12.9 Å². The molecular formula is C18H16N6O2S. The minimum absolute atomic E-state index is 0.505. The van der Waals surface area contributed by atoms with Crippen molar-refractivity contribution in [1.82, 2.24) is 29.9 Å². The Hall–Kier alpha value is -3.20. The van der Waals surface area contributed by atoms with Gasteiger partial charge in [-0.2, -0.15) is 4.98 Å². The van der Waals surface area contributed by atoms with Gasteiger partial charge in [-0.25, -0.2) is 0 Å². The van der Waals surface area contributed by atoms with Gasteiger partial charge in [0.2, 0.25) is 5.89 Å². The van der Waals surface area contributed by atoms with Crippen LogP contribution in [0.4, 0.5) is 0 Å². The molecule has 0 N–H and O–H groups in total. The summed E-state index contributed by atoms with van der Waals surface area (Å²) < 4.78 is 12.4. The standard InChI is InChI=1S/C18H16N6O2S/c1-12-20-16(26-23-12)11-27-18-22-21-17(13-7-9-19-10-8-13)24(18)14-3-5-15(25-2)6-4-14/h3-10H,11H2,1-2H3. The number of aromatic nitrogens is 6. The van der Waals surface area contributed by atoms with Gasteiger partial charge in [0.15, 0.2) is 16.8 Å². The number of hydrogen-bond acceptors (Lipinski definition) is 8. The molecule has 0 unspecified atom stereocenters. The Kier molecular flexibility index (Phi) is 4.84. The van der Waals surface area contributed by atoms with E-state index < -0.39 is 0 Å². The quantitative estimate of drug-likeness (QED) is 0.470. The zero-order valence-corrected chi connectivity index (χ0v) is 15.6. The Morgan fingerprint density at radius 1 is 1.07 bits per heavy atom. The Morgan fingerprint density at radius 2 is 1.85 bits per heavy atom. The molecule has 0 amide bonds. The van der Waals surface area contributed by atoms with Crippen LogP contribution in [0.3, 0.4) is 0 Å². The van der Waals surface area contributed by atoms with Crippen LogP contribution in [0.5, 0.6) is 5.75 Å². The topological polar surface area (TPSA) is 91.8 Å². The third-order valence-electron chi connectivity index (χ3n) is 3.80. The molecule has 136 valence electrons. The minimum Gasteiger partial charge on any atom is -0.497 e. The predicted molar refractivity (Wildman–Crippen MR) is 99.7 cm³/mol. The van der Waals surface area contributed by atoms with Crippen LogP contribution in [0.2, 0.25) is 0 Å². The zero-order chi connectivity index (χ0) is 18.6. The van der Waals surface area contributed by atoms with Crippen molar-refractivity contribution in [2.75, 3.05) is 7.11 Å². The molecule has 1 aromatic carbocycles. The lowest BCUT2D eigenvalue weighted by molar-refractivity contribution is 0.387. The smallest absolute Gasteiger partial charge is 0.237 e. The highest BCUT2D eigenvalue weighted by molar-refractivity contribution is 7.98. The first-order valence-corrected chi connectivity index (χ1v) is 9.15. The van der Waals surface area contributed by atoms with E-state index in [4.69, 9.17) is 9.26 Å². The summed E-state index contributed by atoms with van der Waals surface area (Å²) in [5.41, 5.74) is 1.85. The van der Waals surface area contributed by atoms with Crippen molar-refractivity contribution in [1.29, 1.82) is 0 Å². The van der Waals surface area contributed by atoms with E-state index in [1.165, 1.54) is 11.8 Å². The van der Waals surface area contributed by atoms with Gasteiger partial charge >= 0.3 is 0 Å². The molecule has 0 aliphatic heterocycles. The second-order valence-electron chi connectivity index (χ2n) is 5.60. The summed E-state index contributed by atoms with van der Waals surface area (Å²) in [7, 11) is 1.64. The maximum Gasteiger partial charge on any atom is 0.237 e. The Labute approximate surface area is 159 Å². The van der Waals surface area contributed by atoms with Crippen LogP contribution in [0.15, 0.2) is 58.5 Å². The number of ether oxygens (including phenoxy) is 1. The van der Waals surface area contributed by atoms with Crippen LogP contribution in [0.25, 0.3) is 17.1 Å². The van der Waals surface area contributed by atoms with Crippen LogP contribution in [-0.2, 0) is 5.75 Å². The van der Waals surface area contributed by atoms with E-state index >= 15 is 0 Å². The molecule has 0 fully saturated rings. The number of pyridine rings is 1. The van der Waals surface area contributed by atoms with Gasteiger partial charge in [-0.3, -0.25) is 9.55 Å². The number of thioether (sulfide) groups is 1. The minimum atomic E-state index is 0.505. The normalized spacial score (nSPS) is 10.9. The molecule has 0 atom stereocenters. The third-order valence-corrected chi connectivity index (χ3v) is 4.71. The first-order chi connectivity index (χ1) is 13.2. The van der Waals surface area contributed by atoms with Crippen molar-refractivity contribution >= 4 is 11.8 Å². The average Bonchev–Trinajstić information content (AvgIpc) is 3.33. The van der Waals surface area contributed by atoms with Crippen LogP contribution in [-0.4, -0.2) is 37.0 Å². The molecule has 0 saturated heterocycles. The lowest BCUT2D eigenvalue weighted by Crippen LogP contribution is -2.00. The van der Waals surface area contributed by atoms with E-state index in [1.54, 1.807) is 26.4 Å². The number of methoxy groups -OCH3 is 1. The summed E-state index contributed by atoms with van der Waals surface area (Å²) >= 11 is 1.48. The molecular weight excluding hydrogens is 364 g/mol. The largest absolute Gasteiger partial charge is 0.497 e. The van der Waals surface area contributed by atoms with Gasteiger partial charge in [-0.05, 0) is 43.3 Å². The summed E-state index contributed by atoms with van der Waals surface area (Å²) in [5.74, 6) is 3.18. The SMILES string of the molecule is COc1ccc(-n2c(SCc3nc(C)no3)nnc2-c2ccncc2)cc1. The fraction of sp³-hybridized carbons (Fsp3) is 0.167. The van der Waals surface area contributed by atoms with E-state index in [2.05, 4.69) is 25.3 Å². The Balaban J connectivity index is 1.72. The molecule has 8 nitrogen and oxygen atoms in total. The molecule has 0 bridgehead atoms. The van der Waals surface area contributed by atoms with Gasteiger partial charge in [-0.15, -0.1) is 10.2 Å². The molecule has 4 rings (SSSR count). The number of hydrogen-bond donors (Lipinski definition) is 0. The van der Waals surface area contributed by atoms with Crippen LogP contribution in [0.1, 0.15) is 11.7 Å². The second-order valence-corrected chi connectivity index (χ2v) is 6.54. The summed E-state index contributed by atoms with van der Waals surface area (Å²) in [6.45, 7) is 1.79. The third kappa shape index (κ3) is 3.68. The number of benzene rings is 1. The average molecular weight is 380 g/mol. The molecule has 9 heteroatoms. The monoisotopic (exact) mass is 380 g/mol. The fourth-order valence-electron chi connectivity index (χ4n) is 2.54. The van der Waals surface area contributed by atoms with Gasteiger partial charge in [0, 0.05) is 23.6 Å². The number of rotatable bonds is 6. The van der Waals surface area contributed by atoms with Gasteiger partial charge in [-0.1, -0.05) is 16.9 Å². The number of aryl methyl sites for hydroxylation is 1. The van der Waals surface area contributed by atoms with Crippen molar-refractivity contribution in [3.05, 3.63) is 60.5 Å². The van der Waals surface area contributed by atoms with Gasteiger partial charge < -0.3 is 9.26 Å². The summed E-state index contributed by atoms with van der Waals surface area (Å²) in [4.78, 5) is 8.31. The van der Waals surface area contributed by atoms with Crippen molar-refractivity contribution < 1.29 is 9.26 Å². The van der Waals surface area contributed by atoms with Crippen molar-refractivity contribution in [2.24, 2.45) is 0 Å². The lowest BCUT2D eigenvalue weighted by atomic mass is 10.2. The van der Waals surface area contributed by atoms with Crippen molar-refractivity contribution in [3.63, 3.8) is 0 Å². The fourth-order valence-corrected chi connectivity index (χ4v) is 3.33. The molecule has 4 aromatic rings. The predicted octanol–water partition coefficient (Wildman–Crippen LogP) is 3.32. The molecule has 27 heavy (non-hydrogen) atoms. The van der Waals surface area contributed by atoms with Gasteiger partial charge in [0.25, 0.3) is 0 Å². The highest BCUT2D eigenvalue weighted by Crippen LogP contribution is 2.30. The van der Waals surface area contributed by atoms with Crippen LogP contribution >= 0.6 is 11.8 Å². The molecule has 3 heterocycles. The van der Waals surface area contributed by atoms with E-state index in [0.717, 1.165) is 28.0 Å². The molecule has 0 spiro atoms. The lowest BCUT2D eigenvalue weighted by Gasteiger charge is -2.10. The highest BCUT2D eigenvalue weighted by atomic mass is 32.2. The summed E-state index contributed by atoms with van der Waals surface area (Å²) in [5, 5.41) is 13.3. The van der Waals surface area contributed by atoms with E-state index in [9.17, 15) is 0 Å². The molecule has 0 radical (unpaired) electrons. The van der Waals surface area contributed by atoms with Crippen LogP contribution in [0, 0.1) is 6.92 Å². The second kappa shape index (κ2) is 7.58. The Bertz CT molecular complexity index is 1030. The molecule has 3 aromatic heterocycles. The number of nitrogens with zero attached hydrogens (tertiary/aromatic N) is 6. The van der Waals surface area contributed by atoms with Gasteiger partial charge in [0.1, 0.15) is 5.75 Å². The van der Waals surface area contributed by atoms with Crippen molar-refractivity contribution in [3.8, 4) is 22.8 Å². The maximum absolute atomic E-state index is 5.26. The van der Waals surface area contributed by atoms with Crippen LogP contribution < -0.4 is 4.74 Å². The summed E-state index contributed by atoms with van der Waals surface area (Å²) in [6.07, 6.45) is 3.47. The van der Waals surface area contributed by atoms with E-state index in [0.29, 0.717) is 17.5 Å². The van der Waals surface area contributed by atoms with E-state index in [1.807, 2.05) is 41.0 Å². The first-order valence-electron chi connectivity index (χ1n) is 8.17. The van der Waals surface area contributed by atoms with Crippen molar-refractivity contribution in [2.45, 2.75) is 17.8 Å². The zero-order valence-electron chi connectivity index (χ0n) is 14.7. The molecule has 0 aliphatic carbocycles. The summed E-state index contributed by atoms with van der Waals surface area (Å²) in [6, 6.07) is 11.5. The molecule has 0 saturated carbocycles. The highest BCUT2D eigenvalue weighted by Gasteiger charge is 2.17. The Morgan fingerprint density at radius 3 is 2.52 bits per heavy atom. The first kappa shape index (κ1) is 17.2.